The largest absolute Gasteiger partial charge is 0.508 e. The number of carbonyl (C=O) groups excluding carboxylic acids is 1. The van der Waals surface area contributed by atoms with Crippen LogP contribution in [-0.2, 0) is 17.9 Å². The van der Waals surface area contributed by atoms with Crippen LogP contribution in [0.2, 0.25) is 0 Å². The predicted octanol–water partition coefficient (Wildman–Crippen LogP) is 5.59. The van der Waals surface area contributed by atoms with Crippen molar-refractivity contribution in [2.45, 2.75) is 38.9 Å². The van der Waals surface area contributed by atoms with Gasteiger partial charge in [0.25, 0.3) is 0 Å². The highest BCUT2D eigenvalue weighted by Gasteiger charge is 2.34. The summed E-state index contributed by atoms with van der Waals surface area (Å²) < 4.78 is 21.8. The van der Waals surface area contributed by atoms with E-state index >= 15 is 0 Å². The molecule has 0 saturated carbocycles. The number of halogens is 1. The average molecular weight is 515 g/mol. The van der Waals surface area contributed by atoms with Crippen molar-refractivity contribution in [1.29, 1.82) is 0 Å². The highest BCUT2D eigenvalue weighted by molar-refractivity contribution is 5.97. The number of para-hydroxylation sites is 2. The van der Waals surface area contributed by atoms with Crippen molar-refractivity contribution in [2.75, 3.05) is 18.0 Å². The molecule has 0 radical (unpaired) electrons. The van der Waals surface area contributed by atoms with Crippen molar-refractivity contribution >= 4 is 11.6 Å². The highest BCUT2D eigenvalue weighted by atomic mass is 19.1. The van der Waals surface area contributed by atoms with E-state index in [0.717, 1.165) is 24.1 Å². The Hall–Kier alpha value is -4.17. The van der Waals surface area contributed by atoms with E-state index in [0.29, 0.717) is 36.8 Å². The molecule has 1 fully saturated rings. The molecular formula is C30H31FN4O3. The second-order valence-corrected chi connectivity index (χ2v) is 9.56. The van der Waals surface area contributed by atoms with Crippen LogP contribution in [0.4, 0.5) is 10.1 Å². The molecule has 4 aromatic rings. The number of nitrogens with zero attached hydrogens (tertiary/aromatic N) is 4. The Balaban J connectivity index is 1.34. The minimum atomic E-state index is -0.262. The van der Waals surface area contributed by atoms with Gasteiger partial charge in [-0.15, -0.1) is 0 Å². The summed E-state index contributed by atoms with van der Waals surface area (Å²) in [5.41, 5.74) is 2.54. The fraction of sp³-hybridized carbons (Fsp3) is 0.267. The van der Waals surface area contributed by atoms with Crippen molar-refractivity contribution < 1.29 is 19.0 Å². The van der Waals surface area contributed by atoms with E-state index in [2.05, 4.69) is 16.8 Å². The number of phenolic OH excluding ortho intramolecular Hbond substituents is 1. The van der Waals surface area contributed by atoms with Crippen LogP contribution in [0.1, 0.15) is 31.0 Å². The normalized spacial score (nSPS) is 16.1. The number of phenols is 1. The molecule has 5 rings (SSSR count). The number of anilines is 1. The summed E-state index contributed by atoms with van der Waals surface area (Å²) in [5.74, 6) is 0.899. The monoisotopic (exact) mass is 514 g/mol. The molecule has 1 saturated heterocycles. The van der Waals surface area contributed by atoms with Gasteiger partial charge in [0.1, 0.15) is 17.3 Å². The molecule has 0 bridgehead atoms. The fourth-order valence-electron chi connectivity index (χ4n) is 4.94. The van der Waals surface area contributed by atoms with Gasteiger partial charge in [0, 0.05) is 37.9 Å². The van der Waals surface area contributed by atoms with E-state index in [1.807, 2.05) is 41.1 Å². The highest BCUT2D eigenvalue weighted by Crippen LogP contribution is 2.35. The molecule has 2 heterocycles. The molecule has 0 spiro atoms. The van der Waals surface area contributed by atoms with Gasteiger partial charge in [0.05, 0.1) is 24.3 Å². The lowest BCUT2D eigenvalue weighted by Gasteiger charge is -2.41. The van der Waals surface area contributed by atoms with Crippen molar-refractivity contribution in [3.05, 3.63) is 102 Å². The third-order valence-electron chi connectivity index (χ3n) is 6.78. The topological polar surface area (TPSA) is 70.8 Å². The SMILES string of the molecule is CCC[C@H]1CN(c2ccccc2Oc2cccc(O)c2)C(=O)CN1Cc1cncn1Cc1cccc(F)c1. The van der Waals surface area contributed by atoms with Crippen LogP contribution in [0.25, 0.3) is 0 Å². The zero-order chi connectivity index (χ0) is 26.5. The van der Waals surface area contributed by atoms with E-state index < -0.39 is 0 Å². The first-order valence-electron chi connectivity index (χ1n) is 12.8. The number of imidazole rings is 1. The first kappa shape index (κ1) is 25.5. The van der Waals surface area contributed by atoms with Gasteiger partial charge in [0.15, 0.2) is 5.75 Å². The number of piperazine rings is 1. The zero-order valence-corrected chi connectivity index (χ0v) is 21.3. The molecule has 3 aromatic carbocycles. The lowest BCUT2D eigenvalue weighted by atomic mass is 10.0. The van der Waals surface area contributed by atoms with E-state index in [9.17, 15) is 14.3 Å². The Morgan fingerprint density at radius 3 is 2.71 bits per heavy atom. The van der Waals surface area contributed by atoms with Gasteiger partial charge in [-0.25, -0.2) is 9.37 Å². The van der Waals surface area contributed by atoms with Gasteiger partial charge >= 0.3 is 0 Å². The number of hydrogen-bond donors (Lipinski definition) is 1. The standard InChI is InChI=1S/C30H31FN4O3/c1-2-7-24-19-35(28-12-3-4-13-29(28)38-27-11-6-10-26(36)15-27)30(37)20-33(24)18-25-16-32-21-34(25)17-22-8-5-9-23(31)14-22/h3-6,8-16,21,24,36H,2,7,17-20H2,1H3/t24-/m0/s1. The number of ether oxygens (including phenoxy) is 1. The molecule has 1 aliphatic heterocycles. The minimum Gasteiger partial charge on any atom is -0.508 e. The third kappa shape index (κ3) is 5.86. The molecule has 7 nitrogen and oxygen atoms in total. The van der Waals surface area contributed by atoms with E-state index in [4.69, 9.17) is 4.74 Å². The summed E-state index contributed by atoms with van der Waals surface area (Å²) in [6.07, 6.45) is 5.48. The Bertz CT molecular complexity index is 1410. The molecule has 1 N–H and O–H groups in total. The molecule has 1 aliphatic rings. The smallest absolute Gasteiger partial charge is 0.241 e. The Labute approximate surface area is 221 Å². The molecule has 1 amide bonds. The van der Waals surface area contributed by atoms with Crippen LogP contribution < -0.4 is 9.64 Å². The number of aromatic hydroxyl groups is 1. The van der Waals surface area contributed by atoms with E-state index in [1.54, 1.807) is 41.6 Å². The van der Waals surface area contributed by atoms with Gasteiger partial charge in [-0.3, -0.25) is 9.69 Å². The Kier molecular flexibility index (Phi) is 7.70. The number of carbonyl (C=O) groups is 1. The second kappa shape index (κ2) is 11.5. The third-order valence-corrected chi connectivity index (χ3v) is 6.78. The zero-order valence-electron chi connectivity index (χ0n) is 21.3. The maximum Gasteiger partial charge on any atom is 0.241 e. The molecule has 38 heavy (non-hydrogen) atoms. The first-order chi connectivity index (χ1) is 18.5. The summed E-state index contributed by atoms with van der Waals surface area (Å²) in [6.45, 7) is 4.02. The maximum absolute atomic E-state index is 13.7. The predicted molar refractivity (Wildman–Crippen MR) is 144 cm³/mol. The number of benzene rings is 3. The van der Waals surface area contributed by atoms with Crippen LogP contribution in [0.3, 0.4) is 0 Å². The Morgan fingerprint density at radius 2 is 1.89 bits per heavy atom. The number of amides is 1. The average Bonchev–Trinajstić information content (AvgIpc) is 3.32. The number of aromatic nitrogens is 2. The van der Waals surface area contributed by atoms with Crippen molar-refractivity contribution in [1.82, 2.24) is 14.5 Å². The van der Waals surface area contributed by atoms with Gasteiger partial charge in [0.2, 0.25) is 5.91 Å². The lowest BCUT2D eigenvalue weighted by Crippen LogP contribution is -2.56. The number of hydrogen-bond acceptors (Lipinski definition) is 5. The molecule has 0 unspecified atom stereocenters. The van der Waals surface area contributed by atoms with E-state index in [-0.39, 0.29) is 30.1 Å². The quantitative estimate of drug-likeness (QED) is 0.316. The number of rotatable bonds is 9. The molecule has 1 atom stereocenters. The van der Waals surface area contributed by atoms with Crippen molar-refractivity contribution in [2.24, 2.45) is 0 Å². The summed E-state index contributed by atoms with van der Waals surface area (Å²) >= 11 is 0. The summed E-state index contributed by atoms with van der Waals surface area (Å²) in [6, 6.07) is 20.8. The van der Waals surface area contributed by atoms with Crippen molar-refractivity contribution in [3.63, 3.8) is 0 Å². The van der Waals surface area contributed by atoms with Gasteiger partial charge in [-0.2, -0.15) is 0 Å². The van der Waals surface area contributed by atoms with Gasteiger partial charge < -0.3 is 19.3 Å². The van der Waals surface area contributed by atoms with Crippen LogP contribution >= 0.6 is 0 Å². The minimum absolute atomic E-state index is 0.0134. The first-order valence-corrected chi connectivity index (χ1v) is 12.8. The van der Waals surface area contributed by atoms with Crippen molar-refractivity contribution in [3.8, 4) is 17.2 Å². The van der Waals surface area contributed by atoms with Gasteiger partial charge in [-0.05, 0) is 48.4 Å². The van der Waals surface area contributed by atoms with Crippen LogP contribution in [0.15, 0.2) is 85.3 Å². The summed E-state index contributed by atoms with van der Waals surface area (Å²) in [4.78, 5) is 21.8. The summed E-state index contributed by atoms with van der Waals surface area (Å²) in [7, 11) is 0. The summed E-state index contributed by atoms with van der Waals surface area (Å²) in [5, 5.41) is 9.82. The molecular weight excluding hydrogens is 483 g/mol. The fourth-order valence-corrected chi connectivity index (χ4v) is 4.94. The molecule has 196 valence electrons. The maximum atomic E-state index is 13.7. The lowest BCUT2D eigenvalue weighted by molar-refractivity contribution is -0.122. The molecule has 1 aromatic heterocycles. The second-order valence-electron chi connectivity index (χ2n) is 9.56. The molecule has 8 heteroatoms. The Morgan fingerprint density at radius 1 is 1.05 bits per heavy atom. The van der Waals surface area contributed by atoms with Crippen LogP contribution in [-0.4, -0.2) is 44.6 Å². The van der Waals surface area contributed by atoms with Crippen LogP contribution in [0, 0.1) is 5.82 Å². The van der Waals surface area contributed by atoms with Crippen LogP contribution in [0.5, 0.6) is 17.2 Å². The van der Waals surface area contributed by atoms with E-state index in [1.165, 1.54) is 12.1 Å². The van der Waals surface area contributed by atoms with Gasteiger partial charge in [-0.1, -0.05) is 43.7 Å². The molecule has 0 aliphatic carbocycles.